The molecule has 0 saturated carbocycles. The van der Waals surface area contributed by atoms with Crippen molar-refractivity contribution in [3.8, 4) is 11.5 Å². The third-order valence-corrected chi connectivity index (χ3v) is 6.15. The number of hydrogen-bond acceptors (Lipinski definition) is 5. The van der Waals surface area contributed by atoms with Crippen molar-refractivity contribution in [1.82, 2.24) is 0 Å². The standard InChI is InChI=1S/C21H30O5S/c1-5-6-7-8-15-12-18-20(19(13-15)26-27(22,23)24)16-11-14(2)9-10-17(16)21(3,4)25-18/h11-13,16-17H,5-10H2,1-4H3,(H,22,23,24)/p-1. The normalized spacial score (nSPS) is 23.7. The molecule has 1 aromatic carbocycles. The van der Waals surface area contributed by atoms with Crippen molar-refractivity contribution in [3.63, 3.8) is 0 Å². The minimum atomic E-state index is -4.86. The molecule has 6 heteroatoms. The van der Waals surface area contributed by atoms with E-state index in [0.29, 0.717) is 11.3 Å². The van der Waals surface area contributed by atoms with E-state index in [0.717, 1.165) is 44.1 Å². The quantitative estimate of drug-likeness (QED) is 0.298. The van der Waals surface area contributed by atoms with Crippen LogP contribution >= 0.6 is 0 Å². The number of unbranched alkanes of at least 4 members (excludes halogenated alkanes) is 2. The molecular formula is C21H29O5S-. The monoisotopic (exact) mass is 393 g/mol. The van der Waals surface area contributed by atoms with Gasteiger partial charge in [0.2, 0.25) is 0 Å². The molecule has 5 nitrogen and oxygen atoms in total. The van der Waals surface area contributed by atoms with E-state index in [9.17, 15) is 13.0 Å². The highest BCUT2D eigenvalue weighted by molar-refractivity contribution is 7.81. The van der Waals surface area contributed by atoms with Crippen LogP contribution in [0.2, 0.25) is 0 Å². The highest BCUT2D eigenvalue weighted by atomic mass is 32.3. The Bertz CT molecular complexity index is 838. The zero-order valence-corrected chi connectivity index (χ0v) is 17.4. The number of allylic oxidation sites excluding steroid dienone is 2. The summed E-state index contributed by atoms with van der Waals surface area (Å²) >= 11 is 0. The smallest absolute Gasteiger partial charge is 0.262 e. The predicted molar refractivity (Wildman–Crippen MR) is 104 cm³/mol. The van der Waals surface area contributed by atoms with Gasteiger partial charge in [-0.2, -0.15) is 0 Å². The molecule has 0 amide bonds. The highest BCUT2D eigenvalue weighted by Crippen LogP contribution is 2.53. The largest absolute Gasteiger partial charge is 0.716 e. The molecule has 1 aromatic rings. The molecule has 0 saturated heterocycles. The van der Waals surface area contributed by atoms with Gasteiger partial charge in [-0.15, -0.1) is 0 Å². The van der Waals surface area contributed by atoms with E-state index in [1.165, 1.54) is 5.57 Å². The molecule has 1 aliphatic heterocycles. The van der Waals surface area contributed by atoms with Gasteiger partial charge in [0.1, 0.15) is 17.1 Å². The summed E-state index contributed by atoms with van der Waals surface area (Å²) in [6, 6.07) is 3.70. The van der Waals surface area contributed by atoms with Crippen LogP contribution in [0.15, 0.2) is 23.8 Å². The topological polar surface area (TPSA) is 75.7 Å². The van der Waals surface area contributed by atoms with E-state index in [1.807, 2.05) is 6.07 Å². The van der Waals surface area contributed by atoms with Crippen LogP contribution < -0.4 is 8.92 Å². The second-order valence-electron chi connectivity index (χ2n) is 8.34. The maximum atomic E-state index is 11.4. The summed E-state index contributed by atoms with van der Waals surface area (Å²) in [5.74, 6) is 0.959. The Kier molecular flexibility index (Phi) is 5.59. The Balaban J connectivity index is 2.12. The molecule has 1 aliphatic carbocycles. The first-order valence-corrected chi connectivity index (χ1v) is 11.1. The summed E-state index contributed by atoms with van der Waals surface area (Å²) in [7, 11) is -4.86. The van der Waals surface area contributed by atoms with Crippen LogP contribution in [0.3, 0.4) is 0 Å². The minimum absolute atomic E-state index is 0.0149. The van der Waals surface area contributed by atoms with Crippen molar-refractivity contribution in [1.29, 1.82) is 0 Å². The first kappa shape index (κ1) is 20.2. The fraction of sp³-hybridized carbons (Fsp3) is 0.619. The Labute approximate surface area is 162 Å². The molecular weight excluding hydrogens is 364 g/mol. The Morgan fingerprint density at radius 2 is 2.04 bits per heavy atom. The third-order valence-electron chi connectivity index (χ3n) is 5.77. The van der Waals surface area contributed by atoms with Gasteiger partial charge in [-0.3, -0.25) is 0 Å². The molecule has 2 aliphatic rings. The molecule has 3 rings (SSSR count). The molecule has 1 heterocycles. The predicted octanol–water partition coefficient (Wildman–Crippen LogP) is 4.87. The Morgan fingerprint density at radius 3 is 2.70 bits per heavy atom. The lowest BCUT2D eigenvalue weighted by atomic mass is 9.68. The van der Waals surface area contributed by atoms with E-state index in [1.54, 1.807) is 6.07 Å². The van der Waals surface area contributed by atoms with E-state index in [4.69, 9.17) is 8.92 Å². The molecule has 2 unspecified atom stereocenters. The lowest BCUT2D eigenvalue weighted by Crippen LogP contribution is -2.45. The molecule has 2 atom stereocenters. The van der Waals surface area contributed by atoms with Gasteiger partial charge in [-0.05, 0) is 64.2 Å². The van der Waals surface area contributed by atoms with E-state index < -0.39 is 10.4 Å². The summed E-state index contributed by atoms with van der Waals surface area (Å²) in [5.41, 5.74) is 2.52. The zero-order valence-electron chi connectivity index (χ0n) is 16.6. The highest BCUT2D eigenvalue weighted by Gasteiger charge is 2.45. The molecule has 150 valence electrons. The van der Waals surface area contributed by atoms with Gasteiger partial charge in [-0.25, -0.2) is 8.42 Å². The van der Waals surface area contributed by atoms with Crippen LogP contribution in [0.25, 0.3) is 0 Å². The maximum absolute atomic E-state index is 11.4. The zero-order chi connectivity index (χ0) is 19.8. The molecule has 0 bridgehead atoms. The van der Waals surface area contributed by atoms with Gasteiger partial charge >= 0.3 is 0 Å². The first-order chi connectivity index (χ1) is 12.6. The Morgan fingerprint density at radius 1 is 1.30 bits per heavy atom. The van der Waals surface area contributed by atoms with Crippen LogP contribution in [0.5, 0.6) is 11.5 Å². The van der Waals surface area contributed by atoms with Gasteiger partial charge in [0, 0.05) is 17.4 Å². The van der Waals surface area contributed by atoms with Crippen molar-refractivity contribution in [2.75, 3.05) is 0 Å². The number of ether oxygens (including phenoxy) is 1. The summed E-state index contributed by atoms with van der Waals surface area (Å²) in [4.78, 5) is 0. The number of benzene rings is 1. The van der Waals surface area contributed by atoms with Crippen LogP contribution in [-0.4, -0.2) is 18.6 Å². The van der Waals surface area contributed by atoms with Gasteiger partial charge in [0.15, 0.2) is 0 Å². The SMILES string of the molecule is CCCCCc1cc2c(c(OS(=O)(=O)[O-])c1)C1C=C(C)CCC1C(C)(C)O2. The van der Waals surface area contributed by atoms with Crippen LogP contribution in [-0.2, 0) is 16.8 Å². The van der Waals surface area contributed by atoms with Crippen molar-refractivity contribution < 1.29 is 21.9 Å². The number of rotatable bonds is 6. The van der Waals surface area contributed by atoms with Crippen LogP contribution in [0.1, 0.15) is 76.8 Å². The average Bonchev–Trinajstić information content (AvgIpc) is 2.52. The van der Waals surface area contributed by atoms with Crippen LogP contribution in [0.4, 0.5) is 0 Å². The van der Waals surface area contributed by atoms with Crippen molar-refractivity contribution >= 4 is 10.4 Å². The van der Waals surface area contributed by atoms with Gasteiger partial charge in [0.05, 0.1) is 0 Å². The lowest BCUT2D eigenvalue weighted by Gasteiger charge is -2.46. The number of aryl methyl sites for hydroxylation is 1. The summed E-state index contributed by atoms with van der Waals surface area (Å²) in [5, 5.41) is 0. The van der Waals surface area contributed by atoms with Crippen molar-refractivity contribution in [3.05, 3.63) is 34.9 Å². The second-order valence-corrected chi connectivity index (χ2v) is 9.33. The molecule has 0 N–H and O–H groups in total. The van der Waals surface area contributed by atoms with Gasteiger partial charge in [0.25, 0.3) is 10.4 Å². The molecule has 27 heavy (non-hydrogen) atoms. The summed E-state index contributed by atoms with van der Waals surface area (Å²) in [6.07, 6.45) is 8.11. The lowest BCUT2D eigenvalue weighted by molar-refractivity contribution is 0.0110. The molecule has 0 spiro atoms. The maximum Gasteiger partial charge on any atom is 0.262 e. The Hall–Kier alpha value is -1.53. The van der Waals surface area contributed by atoms with Gasteiger partial charge in [-0.1, -0.05) is 31.4 Å². The van der Waals surface area contributed by atoms with E-state index >= 15 is 0 Å². The number of fused-ring (bicyclic) bond motifs is 3. The molecule has 0 aromatic heterocycles. The van der Waals surface area contributed by atoms with Gasteiger partial charge < -0.3 is 13.5 Å². The van der Waals surface area contributed by atoms with Crippen LogP contribution in [0, 0.1) is 5.92 Å². The first-order valence-electron chi connectivity index (χ1n) is 9.79. The van der Waals surface area contributed by atoms with E-state index in [2.05, 4.69) is 33.8 Å². The third kappa shape index (κ3) is 4.49. The molecule has 0 radical (unpaired) electrons. The minimum Gasteiger partial charge on any atom is -0.716 e. The second kappa shape index (κ2) is 7.47. The summed E-state index contributed by atoms with van der Waals surface area (Å²) < 4.78 is 45.4. The number of hydrogen-bond donors (Lipinski definition) is 0. The fourth-order valence-corrected chi connectivity index (χ4v) is 4.82. The summed E-state index contributed by atoms with van der Waals surface area (Å²) in [6.45, 7) is 8.38. The van der Waals surface area contributed by atoms with Crippen molar-refractivity contribution in [2.45, 2.75) is 77.7 Å². The van der Waals surface area contributed by atoms with Crippen molar-refractivity contribution in [2.24, 2.45) is 5.92 Å². The molecule has 0 fully saturated rings. The van der Waals surface area contributed by atoms with E-state index in [-0.39, 0.29) is 23.2 Å². The average molecular weight is 394 g/mol. The fourth-order valence-electron chi connectivity index (χ4n) is 4.46.